The van der Waals surface area contributed by atoms with Crippen molar-refractivity contribution in [3.8, 4) is 11.3 Å². The summed E-state index contributed by atoms with van der Waals surface area (Å²) < 4.78 is 43.7. The third-order valence-corrected chi connectivity index (χ3v) is 6.91. The number of imidazole rings is 1. The van der Waals surface area contributed by atoms with Crippen LogP contribution < -0.4 is 0 Å². The summed E-state index contributed by atoms with van der Waals surface area (Å²) in [7, 11) is 0. The molecule has 4 rings (SSSR count). The normalized spacial score (nSPS) is 16.5. The number of hydrogen-bond donors (Lipinski definition) is 0. The second-order valence-electron chi connectivity index (χ2n) is 9.26. The number of benzene rings is 1. The van der Waals surface area contributed by atoms with Crippen molar-refractivity contribution in [2.24, 2.45) is 11.8 Å². The number of rotatable bonds is 9. The Morgan fingerprint density at radius 2 is 1.82 bits per heavy atom. The molecular weight excluding hydrogens is 422 g/mol. The van der Waals surface area contributed by atoms with Crippen molar-refractivity contribution in [1.82, 2.24) is 9.38 Å². The monoisotopic (exact) mass is 456 g/mol. The summed E-state index contributed by atoms with van der Waals surface area (Å²) in [5.41, 5.74) is 3.30. The zero-order valence-corrected chi connectivity index (χ0v) is 20.0. The predicted molar refractivity (Wildman–Crippen MR) is 126 cm³/mol. The maximum Gasteiger partial charge on any atom is 0.184 e. The molecule has 2 aromatic heterocycles. The molecule has 3 aromatic rings. The van der Waals surface area contributed by atoms with Crippen molar-refractivity contribution < 1.29 is 18.3 Å². The van der Waals surface area contributed by atoms with Crippen molar-refractivity contribution in [3.05, 3.63) is 58.9 Å². The van der Waals surface area contributed by atoms with Crippen LogP contribution in [0.2, 0.25) is 0 Å². The average molecular weight is 457 g/mol. The Balaban J connectivity index is 1.82. The molecule has 0 aliphatic carbocycles. The van der Waals surface area contributed by atoms with Gasteiger partial charge in [-0.2, -0.15) is 0 Å². The van der Waals surface area contributed by atoms with E-state index in [0.717, 1.165) is 43.4 Å². The summed E-state index contributed by atoms with van der Waals surface area (Å²) in [6.45, 7) is 9.49. The fourth-order valence-electron chi connectivity index (χ4n) is 4.73. The quantitative estimate of drug-likeness (QED) is 0.347. The molecule has 178 valence electrons. The molecule has 0 radical (unpaired) electrons. The van der Waals surface area contributed by atoms with Gasteiger partial charge in [-0.3, -0.25) is 0 Å². The zero-order valence-electron chi connectivity index (χ0n) is 20.0. The first-order chi connectivity index (χ1) is 15.9. The van der Waals surface area contributed by atoms with Crippen molar-refractivity contribution in [1.29, 1.82) is 0 Å². The lowest BCUT2D eigenvalue weighted by Crippen LogP contribution is -2.16. The summed E-state index contributed by atoms with van der Waals surface area (Å²) in [5.74, 6) is -0.354. The van der Waals surface area contributed by atoms with Crippen molar-refractivity contribution in [3.63, 3.8) is 0 Å². The van der Waals surface area contributed by atoms with E-state index in [1.807, 2.05) is 29.7 Å². The topological polar surface area (TPSA) is 35.8 Å². The van der Waals surface area contributed by atoms with E-state index in [4.69, 9.17) is 14.5 Å². The van der Waals surface area contributed by atoms with Crippen LogP contribution in [0.3, 0.4) is 0 Å². The Hall–Kier alpha value is -2.31. The van der Waals surface area contributed by atoms with E-state index in [-0.39, 0.29) is 5.56 Å². The Labute approximate surface area is 194 Å². The minimum Gasteiger partial charge on any atom is -0.346 e. The van der Waals surface area contributed by atoms with Crippen molar-refractivity contribution >= 4 is 5.65 Å². The van der Waals surface area contributed by atoms with Gasteiger partial charge in [0.05, 0.1) is 30.2 Å². The highest BCUT2D eigenvalue weighted by molar-refractivity contribution is 5.68. The minimum absolute atomic E-state index is 0.0773. The van der Waals surface area contributed by atoms with Gasteiger partial charge in [-0.1, -0.05) is 40.0 Å². The van der Waals surface area contributed by atoms with Crippen LogP contribution in [0.25, 0.3) is 16.9 Å². The molecule has 0 amide bonds. The van der Waals surface area contributed by atoms with Crippen LogP contribution in [-0.2, 0) is 15.9 Å². The van der Waals surface area contributed by atoms with E-state index < -0.39 is 17.9 Å². The Morgan fingerprint density at radius 3 is 2.45 bits per heavy atom. The first-order valence-corrected chi connectivity index (χ1v) is 12.1. The number of halogens is 2. The summed E-state index contributed by atoms with van der Waals surface area (Å²) in [4.78, 5) is 4.73. The number of hydrogen-bond acceptors (Lipinski definition) is 3. The lowest BCUT2D eigenvalue weighted by atomic mass is 9.83. The number of unbranched alkanes of at least 4 members (excludes halogenated alkanes) is 1. The maximum atomic E-state index is 15.4. The second kappa shape index (κ2) is 10.3. The van der Waals surface area contributed by atoms with Crippen molar-refractivity contribution in [2.45, 2.75) is 66.1 Å². The fraction of sp³-hybridized carbons (Fsp3) is 0.519. The number of aryl methyl sites for hydroxylation is 1. The van der Waals surface area contributed by atoms with E-state index in [1.165, 1.54) is 12.1 Å². The van der Waals surface area contributed by atoms with Gasteiger partial charge in [0.2, 0.25) is 0 Å². The smallest absolute Gasteiger partial charge is 0.184 e. The molecule has 1 aliphatic heterocycles. The lowest BCUT2D eigenvalue weighted by Gasteiger charge is -2.23. The fourth-order valence-corrected chi connectivity index (χ4v) is 4.73. The van der Waals surface area contributed by atoms with Gasteiger partial charge in [0.25, 0.3) is 0 Å². The average Bonchev–Trinajstić information content (AvgIpc) is 3.44. The Morgan fingerprint density at radius 1 is 1.12 bits per heavy atom. The van der Waals surface area contributed by atoms with Crippen LogP contribution in [0.5, 0.6) is 0 Å². The third-order valence-electron chi connectivity index (χ3n) is 6.91. The first kappa shape index (κ1) is 23.8. The highest BCUT2D eigenvalue weighted by atomic mass is 19.1. The van der Waals surface area contributed by atoms with Gasteiger partial charge in [-0.05, 0) is 61.4 Å². The first-order valence-electron chi connectivity index (χ1n) is 12.1. The van der Waals surface area contributed by atoms with Crippen LogP contribution in [0, 0.1) is 30.4 Å². The molecule has 0 saturated carbocycles. The van der Waals surface area contributed by atoms with Crippen LogP contribution in [-0.4, -0.2) is 22.6 Å². The van der Waals surface area contributed by atoms with Gasteiger partial charge in [0, 0.05) is 11.8 Å². The number of nitrogens with zero attached hydrogens (tertiary/aromatic N) is 2. The Kier molecular flexibility index (Phi) is 7.45. The Bertz CT molecular complexity index is 1080. The maximum absolute atomic E-state index is 15.4. The largest absolute Gasteiger partial charge is 0.346 e. The van der Waals surface area contributed by atoms with Gasteiger partial charge >= 0.3 is 0 Å². The SMILES string of the molecule is CCCCC(Cc1c(-c2c(F)cc(C3OCCO3)cc2F)nc2cc(C)ccn12)C(C)CC. The molecule has 1 aliphatic rings. The predicted octanol–water partition coefficient (Wildman–Crippen LogP) is 7.03. The summed E-state index contributed by atoms with van der Waals surface area (Å²) in [6, 6.07) is 6.60. The molecule has 1 aromatic carbocycles. The van der Waals surface area contributed by atoms with Crippen LogP contribution >= 0.6 is 0 Å². The molecule has 3 heterocycles. The standard InChI is InChI=1S/C27H34F2N2O2/c1-5-7-8-19(18(4)6-2)16-23-26(30-24-13-17(3)9-10-31(23)24)25-21(28)14-20(15-22(25)29)27-32-11-12-33-27/h9-10,13-15,18-19,27H,5-8,11-12,16H2,1-4H3. The summed E-state index contributed by atoms with van der Waals surface area (Å²) >= 11 is 0. The van der Waals surface area contributed by atoms with E-state index in [9.17, 15) is 0 Å². The highest BCUT2D eigenvalue weighted by Gasteiger charge is 2.27. The molecule has 0 bridgehead atoms. The second-order valence-corrected chi connectivity index (χ2v) is 9.26. The lowest BCUT2D eigenvalue weighted by molar-refractivity contribution is -0.0444. The third kappa shape index (κ3) is 4.97. The van der Waals surface area contributed by atoms with Gasteiger partial charge < -0.3 is 13.9 Å². The molecular formula is C27H34F2N2O2. The molecule has 0 N–H and O–H groups in total. The van der Waals surface area contributed by atoms with Gasteiger partial charge in [0.1, 0.15) is 17.3 Å². The van der Waals surface area contributed by atoms with Gasteiger partial charge in [-0.25, -0.2) is 13.8 Å². The number of fused-ring (bicyclic) bond motifs is 1. The molecule has 33 heavy (non-hydrogen) atoms. The van der Waals surface area contributed by atoms with Crippen LogP contribution in [0.15, 0.2) is 30.5 Å². The molecule has 6 heteroatoms. The number of aromatic nitrogens is 2. The van der Waals surface area contributed by atoms with Crippen molar-refractivity contribution in [2.75, 3.05) is 13.2 Å². The van der Waals surface area contributed by atoms with E-state index in [2.05, 4.69) is 20.8 Å². The molecule has 2 unspecified atom stereocenters. The van der Waals surface area contributed by atoms with Gasteiger partial charge in [0.15, 0.2) is 6.29 Å². The molecule has 1 fully saturated rings. The molecule has 2 atom stereocenters. The molecule has 4 nitrogen and oxygen atoms in total. The van der Waals surface area contributed by atoms with Gasteiger partial charge in [-0.15, -0.1) is 0 Å². The highest BCUT2D eigenvalue weighted by Crippen LogP contribution is 2.36. The molecule has 1 saturated heterocycles. The van der Waals surface area contributed by atoms with E-state index >= 15 is 8.78 Å². The summed E-state index contributed by atoms with van der Waals surface area (Å²) in [6.07, 6.45) is 6.39. The minimum atomic E-state index is -0.727. The van der Waals surface area contributed by atoms with Crippen LogP contribution in [0.4, 0.5) is 8.78 Å². The van der Waals surface area contributed by atoms with E-state index in [1.54, 1.807) is 0 Å². The van der Waals surface area contributed by atoms with E-state index in [0.29, 0.717) is 42.0 Å². The van der Waals surface area contributed by atoms with Crippen LogP contribution in [0.1, 0.15) is 69.6 Å². The number of pyridine rings is 1. The zero-order chi connectivity index (χ0) is 23.5. The molecule has 0 spiro atoms. The summed E-state index contributed by atoms with van der Waals surface area (Å²) in [5, 5.41) is 0. The number of ether oxygens (including phenoxy) is 2.